The monoisotopic (exact) mass is 352 g/mol. The second-order valence-electron chi connectivity index (χ2n) is 5.11. The van der Waals surface area contributed by atoms with Crippen molar-refractivity contribution in [3.05, 3.63) is 29.8 Å². The topological polar surface area (TPSA) is 102 Å². The van der Waals surface area contributed by atoms with Crippen LogP contribution in [0, 0.1) is 11.3 Å². The standard InChI is InChI=1S/C16H24N4O3S/c1-3-20(4-2)13-12-18-16(21)14-6-8-15(9-7-14)24(22,23)19-11-5-10-17/h6-9,19H,3-5,11-13H2,1-2H3,(H,18,21). The maximum atomic E-state index is 12.0. The highest BCUT2D eigenvalue weighted by molar-refractivity contribution is 7.89. The van der Waals surface area contributed by atoms with Gasteiger partial charge in [0, 0.05) is 31.6 Å². The molecular formula is C16H24N4O3S. The number of benzene rings is 1. The Balaban J connectivity index is 2.60. The van der Waals surface area contributed by atoms with Gasteiger partial charge in [0.15, 0.2) is 0 Å². The summed E-state index contributed by atoms with van der Waals surface area (Å²) in [5.74, 6) is -0.233. The fraction of sp³-hybridized carbons (Fsp3) is 0.500. The number of hydrogen-bond donors (Lipinski definition) is 2. The molecule has 0 saturated carbocycles. The number of nitriles is 1. The van der Waals surface area contributed by atoms with Gasteiger partial charge in [-0.2, -0.15) is 5.26 Å². The molecule has 0 unspecified atom stereocenters. The molecule has 0 atom stereocenters. The van der Waals surface area contributed by atoms with Gasteiger partial charge in [0.1, 0.15) is 0 Å². The van der Waals surface area contributed by atoms with E-state index in [2.05, 4.69) is 28.8 Å². The maximum absolute atomic E-state index is 12.0. The number of likely N-dealkylation sites (N-methyl/N-ethyl adjacent to an activating group) is 1. The fourth-order valence-electron chi connectivity index (χ4n) is 2.08. The first-order valence-electron chi connectivity index (χ1n) is 7.91. The van der Waals surface area contributed by atoms with Crippen LogP contribution in [0.15, 0.2) is 29.2 Å². The molecule has 1 amide bonds. The van der Waals surface area contributed by atoms with E-state index < -0.39 is 10.0 Å². The van der Waals surface area contributed by atoms with Crippen LogP contribution in [0.25, 0.3) is 0 Å². The minimum atomic E-state index is -3.65. The van der Waals surface area contributed by atoms with E-state index >= 15 is 0 Å². The molecular weight excluding hydrogens is 328 g/mol. The van der Waals surface area contributed by atoms with Crippen molar-refractivity contribution in [1.82, 2.24) is 14.9 Å². The summed E-state index contributed by atoms with van der Waals surface area (Å²) in [6.07, 6.45) is 0.103. The Labute approximate surface area is 143 Å². The predicted molar refractivity (Wildman–Crippen MR) is 92.0 cm³/mol. The van der Waals surface area contributed by atoms with Crippen molar-refractivity contribution in [2.45, 2.75) is 25.2 Å². The van der Waals surface area contributed by atoms with Gasteiger partial charge in [-0.15, -0.1) is 0 Å². The number of nitrogens with one attached hydrogen (secondary N) is 2. The Morgan fingerprint density at radius 1 is 1.17 bits per heavy atom. The molecule has 0 aliphatic heterocycles. The summed E-state index contributed by atoms with van der Waals surface area (Å²) in [6, 6.07) is 7.59. The molecule has 1 aromatic rings. The molecule has 132 valence electrons. The van der Waals surface area contributed by atoms with Crippen molar-refractivity contribution in [3.8, 4) is 6.07 Å². The van der Waals surface area contributed by atoms with Gasteiger partial charge < -0.3 is 10.2 Å². The Kier molecular flexibility index (Phi) is 8.40. The van der Waals surface area contributed by atoms with Gasteiger partial charge in [0.25, 0.3) is 5.91 Å². The van der Waals surface area contributed by atoms with Crippen molar-refractivity contribution in [2.75, 3.05) is 32.7 Å². The minimum Gasteiger partial charge on any atom is -0.351 e. The predicted octanol–water partition coefficient (Wildman–Crippen LogP) is 0.950. The van der Waals surface area contributed by atoms with Crippen molar-refractivity contribution in [3.63, 3.8) is 0 Å². The number of hydrogen-bond acceptors (Lipinski definition) is 5. The van der Waals surface area contributed by atoms with Gasteiger partial charge in [-0.05, 0) is 37.4 Å². The zero-order valence-electron chi connectivity index (χ0n) is 14.1. The first-order valence-corrected chi connectivity index (χ1v) is 9.40. The quantitative estimate of drug-likeness (QED) is 0.610. The van der Waals surface area contributed by atoms with Crippen LogP contribution >= 0.6 is 0 Å². The van der Waals surface area contributed by atoms with E-state index in [1.807, 2.05) is 6.07 Å². The van der Waals surface area contributed by atoms with Gasteiger partial charge in [0.2, 0.25) is 10.0 Å². The molecule has 2 N–H and O–H groups in total. The molecule has 7 nitrogen and oxygen atoms in total. The lowest BCUT2D eigenvalue weighted by molar-refractivity contribution is 0.0949. The number of carbonyl (C=O) groups excluding carboxylic acids is 1. The molecule has 0 bridgehead atoms. The third kappa shape index (κ3) is 6.28. The summed E-state index contributed by atoms with van der Waals surface area (Å²) < 4.78 is 26.3. The van der Waals surface area contributed by atoms with Gasteiger partial charge in [-0.3, -0.25) is 4.79 Å². The van der Waals surface area contributed by atoms with E-state index in [1.165, 1.54) is 24.3 Å². The fourth-order valence-corrected chi connectivity index (χ4v) is 3.11. The van der Waals surface area contributed by atoms with Crippen LogP contribution in [0.3, 0.4) is 0 Å². The summed E-state index contributed by atoms with van der Waals surface area (Å²) in [4.78, 5) is 14.3. The SMILES string of the molecule is CCN(CC)CCNC(=O)c1ccc(S(=O)(=O)NCCC#N)cc1. The van der Waals surface area contributed by atoms with Crippen LogP contribution < -0.4 is 10.0 Å². The largest absolute Gasteiger partial charge is 0.351 e. The number of amides is 1. The molecule has 24 heavy (non-hydrogen) atoms. The van der Waals surface area contributed by atoms with E-state index in [0.717, 1.165) is 19.6 Å². The van der Waals surface area contributed by atoms with E-state index in [9.17, 15) is 13.2 Å². The number of nitrogens with zero attached hydrogens (tertiary/aromatic N) is 2. The Morgan fingerprint density at radius 3 is 2.33 bits per heavy atom. The Morgan fingerprint density at radius 2 is 1.79 bits per heavy atom. The van der Waals surface area contributed by atoms with Crippen LogP contribution in [0.1, 0.15) is 30.6 Å². The Bertz CT molecular complexity index is 662. The number of carbonyl (C=O) groups is 1. The van der Waals surface area contributed by atoms with Crippen molar-refractivity contribution < 1.29 is 13.2 Å². The normalized spacial score (nSPS) is 11.2. The molecule has 1 aromatic carbocycles. The van der Waals surface area contributed by atoms with E-state index in [-0.39, 0.29) is 23.8 Å². The highest BCUT2D eigenvalue weighted by Crippen LogP contribution is 2.10. The third-order valence-electron chi connectivity index (χ3n) is 3.56. The molecule has 0 fully saturated rings. The van der Waals surface area contributed by atoms with Crippen LogP contribution in [0.2, 0.25) is 0 Å². The average Bonchev–Trinajstić information content (AvgIpc) is 2.59. The summed E-state index contributed by atoms with van der Waals surface area (Å²) in [5, 5.41) is 11.3. The third-order valence-corrected chi connectivity index (χ3v) is 5.04. The molecule has 0 saturated heterocycles. The molecule has 0 heterocycles. The van der Waals surface area contributed by atoms with E-state index in [4.69, 9.17) is 5.26 Å². The smallest absolute Gasteiger partial charge is 0.251 e. The zero-order chi connectivity index (χ0) is 18.0. The lowest BCUT2D eigenvalue weighted by Crippen LogP contribution is -2.34. The van der Waals surface area contributed by atoms with Crippen molar-refractivity contribution in [2.24, 2.45) is 0 Å². The van der Waals surface area contributed by atoms with Crippen LogP contribution in [0.5, 0.6) is 0 Å². The summed E-state index contributed by atoms with van der Waals surface area (Å²) >= 11 is 0. The van der Waals surface area contributed by atoms with Gasteiger partial charge in [0.05, 0.1) is 11.0 Å². The lowest BCUT2D eigenvalue weighted by atomic mass is 10.2. The van der Waals surface area contributed by atoms with Crippen molar-refractivity contribution in [1.29, 1.82) is 5.26 Å². The first kappa shape index (κ1) is 20.1. The Hall–Kier alpha value is -1.95. The highest BCUT2D eigenvalue weighted by Gasteiger charge is 2.14. The van der Waals surface area contributed by atoms with Gasteiger partial charge >= 0.3 is 0 Å². The first-order chi connectivity index (χ1) is 11.4. The summed E-state index contributed by atoms with van der Waals surface area (Å²) in [5.41, 5.74) is 0.408. The molecule has 0 aromatic heterocycles. The summed E-state index contributed by atoms with van der Waals surface area (Å²) in [6.45, 7) is 7.36. The van der Waals surface area contributed by atoms with Gasteiger partial charge in [-0.1, -0.05) is 13.8 Å². The molecule has 8 heteroatoms. The zero-order valence-corrected chi connectivity index (χ0v) is 14.9. The maximum Gasteiger partial charge on any atom is 0.251 e. The second-order valence-corrected chi connectivity index (χ2v) is 6.88. The van der Waals surface area contributed by atoms with E-state index in [0.29, 0.717) is 12.1 Å². The minimum absolute atomic E-state index is 0.0619. The number of sulfonamides is 1. The second kappa shape index (κ2) is 10.0. The van der Waals surface area contributed by atoms with Crippen LogP contribution in [0.4, 0.5) is 0 Å². The molecule has 0 aliphatic carbocycles. The molecule has 0 spiro atoms. The lowest BCUT2D eigenvalue weighted by Gasteiger charge is -2.17. The molecule has 0 radical (unpaired) electrons. The number of rotatable bonds is 10. The summed E-state index contributed by atoms with van der Waals surface area (Å²) in [7, 11) is -3.65. The van der Waals surface area contributed by atoms with Crippen LogP contribution in [-0.2, 0) is 10.0 Å². The van der Waals surface area contributed by atoms with E-state index in [1.54, 1.807) is 0 Å². The highest BCUT2D eigenvalue weighted by atomic mass is 32.2. The van der Waals surface area contributed by atoms with Gasteiger partial charge in [-0.25, -0.2) is 13.1 Å². The average molecular weight is 352 g/mol. The molecule has 1 rings (SSSR count). The molecule has 0 aliphatic rings. The van der Waals surface area contributed by atoms with Crippen LogP contribution in [-0.4, -0.2) is 51.9 Å². The van der Waals surface area contributed by atoms with Crippen molar-refractivity contribution >= 4 is 15.9 Å².